The lowest BCUT2D eigenvalue weighted by atomic mass is 10.1. The van der Waals surface area contributed by atoms with Crippen molar-refractivity contribution in [2.75, 3.05) is 0 Å². The molecule has 1 unspecified atom stereocenters. The van der Waals surface area contributed by atoms with E-state index in [1.165, 1.54) is 0 Å². The molecule has 2 N–H and O–H groups in total. The SMILES string of the molecule is C[C@H](NC(=O)OC(C)(C)C)C(O)CC#N. The molecular weight excluding hydrogens is 196 g/mol. The van der Waals surface area contributed by atoms with Crippen LogP contribution in [0.25, 0.3) is 0 Å². The van der Waals surface area contributed by atoms with Crippen molar-refractivity contribution >= 4 is 6.09 Å². The van der Waals surface area contributed by atoms with E-state index >= 15 is 0 Å². The second-order valence-corrected chi connectivity index (χ2v) is 4.36. The predicted molar refractivity (Wildman–Crippen MR) is 55.1 cm³/mol. The molecule has 0 aromatic heterocycles. The third-order valence-corrected chi connectivity index (χ3v) is 1.62. The predicted octanol–water partition coefficient (Wildman–Crippen LogP) is 1.17. The Labute approximate surface area is 90.0 Å². The Kier molecular flexibility index (Phi) is 5.09. The second kappa shape index (κ2) is 5.56. The molecule has 0 aromatic rings. The van der Waals surface area contributed by atoms with Gasteiger partial charge in [0.15, 0.2) is 0 Å². The average molecular weight is 214 g/mol. The zero-order valence-electron chi connectivity index (χ0n) is 9.57. The van der Waals surface area contributed by atoms with Crippen LogP contribution in [0.2, 0.25) is 0 Å². The number of aliphatic hydroxyl groups excluding tert-OH is 1. The summed E-state index contributed by atoms with van der Waals surface area (Å²) < 4.78 is 4.99. The van der Waals surface area contributed by atoms with Crippen LogP contribution in [0.3, 0.4) is 0 Å². The smallest absolute Gasteiger partial charge is 0.407 e. The van der Waals surface area contributed by atoms with E-state index < -0.39 is 23.8 Å². The number of nitrogens with one attached hydrogen (secondary N) is 1. The molecule has 0 aliphatic heterocycles. The lowest BCUT2D eigenvalue weighted by Crippen LogP contribution is -2.43. The first-order chi connectivity index (χ1) is 6.76. The Morgan fingerprint density at radius 1 is 1.60 bits per heavy atom. The number of aliphatic hydroxyl groups is 1. The average Bonchev–Trinajstić information content (AvgIpc) is 2.00. The minimum Gasteiger partial charge on any atom is -0.444 e. The van der Waals surface area contributed by atoms with Crippen molar-refractivity contribution in [3.63, 3.8) is 0 Å². The maximum absolute atomic E-state index is 11.3. The maximum Gasteiger partial charge on any atom is 0.407 e. The lowest BCUT2D eigenvalue weighted by Gasteiger charge is -2.23. The van der Waals surface area contributed by atoms with Crippen molar-refractivity contribution in [3.05, 3.63) is 0 Å². The Morgan fingerprint density at radius 3 is 2.53 bits per heavy atom. The van der Waals surface area contributed by atoms with Gasteiger partial charge in [0, 0.05) is 0 Å². The van der Waals surface area contributed by atoms with E-state index in [1.807, 2.05) is 6.07 Å². The van der Waals surface area contributed by atoms with Gasteiger partial charge in [-0.15, -0.1) is 0 Å². The van der Waals surface area contributed by atoms with Gasteiger partial charge in [-0.2, -0.15) is 5.26 Å². The number of alkyl carbamates (subject to hydrolysis) is 1. The highest BCUT2D eigenvalue weighted by atomic mass is 16.6. The van der Waals surface area contributed by atoms with E-state index in [1.54, 1.807) is 27.7 Å². The van der Waals surface area contributed by atoms with Gasteiger partial charge < -0.3 is 15.2 Å². The van der Waals surface area contributed by atoms with Crippen LogP contribution in [0, 0.1) is 11.3 Å². The van der Waals surface area contributed by atoms with Gasteiger partial charge in [-0.3, -0.25) is 0 Å². The van der Waals surface area contributed by atoms with Gasteiger partial charge in [-0.25, -0.2) is 4.79 Å². The summed E-state index contributed by atoms with van der Waals surface area (Å²) in [6.45, 7) is 6.88. The maximum atomic E-state index is 11.3. The van der Waals surface area contributed by atoms with Gasteiger partial charge in [-0.05, 0) is 27.7 Å². The van der Waals surface area contributed by atoms with Crippen molar-refractivity contribution in [1.82, 2.24) is 5.32 Å². The van der Waals surface area contributed by atoms with Crippen LogP contribution in [0.1, 0.15) is 34.1 Å². The molecule has 0 saturated carbocycles. The van der Waals surface area contributed by atoms with E-state index in [0.29, 0.717) is 0 Å². The van der Waals surface area contributed by atoms with Crippen LogP contribution in [0.4, 0.5) is 4.79 Å². The summed E-state index contributed by atoms with van der Waals surface area (Å²) >= 11 is 0. The Hall–Kier alpha value is -1.28. The molecule has 5 nitrogen and oxygen atoms in total. The molecule has 0 fully saturated rings. The standard InChI is InChI=1S/C10H18N2O3/c1-7(8(13)5-6-11)12-9(14)15-10(2,3)4/h7-8,13H,5H2,1-4H3,(H,12,14)/t7-,8?/m0/s1. The minimum absolute atomic E-state index is 0.0169. The molecule has 1 amide bonds. The number of carbonyl (C=O) groups excluding carboxylic acids is 1. The number of nitriles is 1. The topological polar surface area (TPSA) is 82.3 Å². The van der Waals surface area contributed by atoms with Crippen molar-refractivity contribution in [3.8, 4) is 6.07 Å². The molecule has 0 spiro atoms. The first-order valence-electron chi connectivity index (χ1n) is 4.81. The summed E-state index contributed by atoms with van der Waals surface area (Å²) in [6.07, 6.45) is -1.48. The quantitative estimate of drug-likeness (QED) is 0.738. The van der Waals surface area contributed by atoms with Crippen LogP contribution in [0.15, 0.2) is 0 Å². The third kappa shape index (κ3) is 6.75. The second-order valence-electron chi connectivity index (χ2n) is 4.36. The molecule has 0 heterocycles. The molecular formula is C10H18N2O3. The first-order valence-corrected chi connectivity index (χ1v) is 4.81. The fourth-order valence-electron chi connectivity index (χ4n) is 0.860. The van der Waals surface area contributed by atoms with Gasteiger partial charge in [0.05, 0.1) is 24.6 Å². The van der Waals surface area contributed by atoms with Crippen molar-refractivity contribution in [1.29, 1.82) is 5.26 Å². The molecule has 15 heavy (non-hydrogen) atoms. The van der Waals surface area contributed by atoms with Gasteiger partial charge >= 0.3 is 6.09 Å². The van der Waals surface area contributed by atoms with E-state index in [9.17, 15) is 9.90 Å². The molecule has 0 radical (unpaired) electrons. The van der Waals surface area contributed by atoms with Crippen LogP contribution in [-0.4, -0.2) is 28.9 Å². The largest absolute Gasteiger partial charge is 0.444 e. The number of hydrogen-bond acceptors (Lipinski definition) is 4. The summed E-state index contributed by atoms with van der Waals surface area (Å²) in [6, 6.07) is 1.33. The van der Waals surface area contributed by atoms with Gasteiger partial charge in [0.1, 0.15) is 5.60 Å². The van der Waals surface area contributed by atoms with E-state index in [-0.39, 0.29) is 6.42 Å². The third-order valence-electron chi connectivity index (χ3n) is 1.62. The van der Waals surface area contributed by atoms with Crippen LogP contribution in [0.5, 0.6) is 0 Å². The van der Waals surface area contributed by atoms with Crippen LogP contribution in [-0.2, 0) is 4.74 Å². The highest BCUT2D eigenvalue weighted by Crippen LogP contribution is 2.07. The molecule has 0 bridgehead atoms. The number of rotatable bonds is 3. The molecule has 0 saturated heterocycles. The zero-order valence-corrected chi connectivity index (χ0v) is 9.57. The van der Waals surface area contributed by atoms with E-state index in [2.05, 4.69) is 5.32 Å². The van der Waals surface area contributed by atoms with Gasteiger partial charge in [0.25, 0.3) is 0 Å². The Morgan fingerprint density at radius 2 is 2.13 bits per heavy atom. The van der Waals surface area contributed by atoms with E-state index in [0.717, 1.165) is 0 Å². The highest BCUT2D eigenvalue weighted by molar-refractivity contribution is 5.68. The normalized spacial score (nSPS) is 14.9. The fourth-order valence-corrected chi connectivity index (χ4v) is 0.860. The van der Waals surface area contributed by atoms with E-state index in [4.69, 9.17) is 10.00 Å². The zero-order chi connectivity index (χ0) is 12.1. The first kappa shape index (κ1) is 13.7. The molecule has 0 rings (SSSR count). The summed E-state index contributed by atoms with van der Waals surface area (Å²) in [5, 5.41) is 20.2. The number of hydrogen-bond donors (Lipinski definition) is 2. The van der Waals surface area contributed by atoms with Crippen molar-refractivity contribution in [2.45, 2.75) is 51.9 Å². The van der Waals surface area contributed by atoms with Crippen LogP contribution < -0.4 is 5.32 Å². The summed E-state index contributed by atoms with van der Waals surface area (Å²) in [7, 11) is 0. The summed E-state index contributed by atoms with van der Waals surface area (Å²) in [5.74, 6) is 0. The number of carbonyl (C=O) groups is 1. The van der Waals surface area contributed by atoms with Gasteiger partial charge in [0.2, 0.25) is 0 Å². The number of nitrogens with zero attached hydrogens (tertiary/aromatic N) is 1. The Balaban J connectivity index is 4.03. The summed E-state index contributed by atoms with van der Waals surface area (Å²) in [4.78, 5) is 11.3. The van der Waals surface area contributed by atoms with Crippen LogP contribution >= 0.6 is 0 Å². The number of ether oxygens (including phenoxy) is 1. The fraction of sp³-hybridized carbons (Fsp3) is 0.800. The van der Waals surface area contributed by atoms with Crippen molar-refractivity contribution in [2.24, 2.45) is 0 Å². The summed E-state index contributed by atoms with van der Waals surface area (Å²) in [5.41, 5.74) is -0.565. The number of amides is 1. The molecule has 2 atom stereocenters. The molecule has 0 aromatic carbocycles. The van der Waals surface area contributed by atoms with Gasteiger partial charge in [-0.1, -0.05) is 0 Å². The van der Waals surface area contributed by atoms with Crippen molar-refractivity contribution < 1.29 is 14.6 Å². The minimum atomic E-state index is -0.873. The molecule has 5 heteroatoms. The monoisotopic (exact) mass is 214 g/mol. The molecule has 0 aliphatic carbocycles. The molecule has 0 aliphatic rings. The lowest BCUT2D eigenvalue weighted by molar-refractivity contribution is 0.0440. The Bertz CT molecular complexity index is 252. The highest BCUT2D eigenvalue weighted by Gasteiger charge is 2.20. The molecule has 86 valence electrons.